The SMILES string of the molecule is NC(=O)Nc1cn(-c2ccc(-c3cccc(F)c3F)cc2)nc1C(N)=O. The van der Waals surface area contributed by atoms with E-state index in [2.05, 4.69) is 10.4 Å². The van der Waals surface area contributed by atoms with Crippen molar-refractivity contribution in [2.45, 2.75) is 0 Å². The van der Waals surface area contributed by atoms with Crippen LogP contribution in [0.25, 0.3) is 16.8 Å². The lowest BCUT2D eigenvalue weighted by atomic mass is 10.0. The molecule has 26 heavy (non-hydrogen) atoms. The van der Waals surface area contributed by atoms with E-state index in [0.29, 0.717) is 11.3 Å². The average molecular weight is 357 g/mol. The maximum Gasteiger partial charge on any atom is 0.316 e. The summed E-state index contributed by atoms with van der Waals surface area (Å²) < 4.78 is 28.5. The monoisotopic (exact) mass is 357 g/mol. The molecular weight excluding hydrogens is 344 g/mol. The lowest BCUT2D eigenvalue weighted by Gasteiger charge is -2.06. The highest BCUT2D eigenvalue weighted by Gasteiger charge is 2.16. The van der Waals surface area contributed by atoms with Gasteiger partial charge in [0.05, 0.1) is 17.6 Å². The Morgan fingerprint density at radius 3 is 2.35 bits per heavy atom. The molecule has 3 rings (SSSR count). The minimum Gasteiger partial charge on any atom is -0.364 e. The third kappa shape index (κ3) is 3.22. The van der Waals surface area contributed by atoms with E-state index < -0.39 is 23.6 Å². The summed E-state index contributed by atoms with van der Waals surface area (Å²) in [5, 5.41) is 6.26. The van der Waals surface area contributed by atoms with Gasteiger partial charge in [0, 0.05) is 5.56 Å². The summed E-state index contributed by atoms with van der Waals surface area (Å²) in [4.78, 5) is 22.4. The summed E-state index contributed by atoms with van der Waals surface area (Å²) in [7, 11) is 0. The first kappa shape index (κ1) is 17.1. The zero-order valence-corrected chi connectivity index (χ0v) is 13.2. The van der Waals surface area contributed by atoms with E-state index in [-0.39, 0.29) is 16.9 Å². The van der Waals surface area contributed by atoms with Crippen molar-refractivity contribution in [1.29, 1.82) is 0 Å². The number of benzene rings is 2. The lowest BCUT2D eigenvalue weighted by molar-refractivity contribution is 0.0996. The highest BCUT2D eigenvalue weighted by molar-refractivity contribution is 6.00. The number of nitrogens with one attached hydrogen (secondary N) is 1. The quantitative estimate of drug-likeness (QED) is 0.666. The summed E-state index contributed by atoms with van der Waals surface area (Å²) in [5.41, 5.74) is 11.3. The second kappa shape index (κ2) is 6.63. The van der Waals surface area contributed by atoms with Crippen LogP contribution in [-0.4, -0.2) is 21.7 Å². The van der Waals surface area contributed by atoms with Crippen LogP contribution in [0.1, 0.15) is 10.5 Å². The van der Waals surface area contributed by atoms with Gasteiger partial charge >= 0.3 is 6.03 Å². The Bertz CT molecular complexity index is 999. The van der Waals surface area contributed by atoms with Gasteiger partial charge < -0.3 is 16.8 Å². The van der Waals surface area contributed by atoms with E-state index in [1.54, 1.807) is 24.3 Å². The van der Waals surface area contributed by atoms with Gasteiger partial charge in [-0.3, -0.25) is 4.79 Å². The fourth-order valence-electron chi connectivity index (χ4n) is 2.43. The number of primary amides is 2. The molecule has 0 aliphatic rings. The lowest BCUT2D eigenvalue weighted by Crippen LogP contribution is -2.22. The molecule has 3 amide bonds. The van der Waals surface area contributed by atoms with E-state index in [9.17, 15) is 18.4 Å². The first-order chi connectivity index (χ1) is 12.4. The van der Waals surface area contributed by atoms with Crippen molar-refractivity contribution >= 4 is 17.6 Å². The van der Waals surface area contributed by atoms with E-state index in [1.165, 1.54) is 23.0 Å². The van der Waals surface area contributed by atoms with Crippen LogP contribution in [0.15, 0.2) is 48.7 Å². The number of carbonyl (C=O) groups excluding carboxylic acids is 2. The minimum absolute atomic E-state index is 0.0604. The summed E-state index contributed by atoms with van der Waals surface area (Å²) in [5.74, 6) is -2.72. The van der Waals surface area contributed by atoms with Crippen molar-refractivity contribution in [2.24, 2.45) is 11.5 Å². The van der Waals surface area contributed by atoms with Crippen LogP contribution in [0.4, 0.5) is 19.3 Å². The van der Waals surface area contributed by atoms with Gasteiger partial charge in [0.2, 0.25) is 0 Å². The minimum atomic E-state index is -0.941. The third-order valence-corrected chi connectivity index (χ3v) is 3.60. The predicted octanol–water partition coefficient (Wildman–Crippen LogP) is 2.41. The number of aromatic nitrogens is 2. The Morgan fingerprint density at radius 1 is 1.04 bits per heavy atom. The number of hydrogen-bond donors (Lipinski definition) is 3. The highest BCUT2D eigenvalue weighted by atomic mass is 19.2. The fraction of sp³-hybridized carbons (Fsp3) is 0. The number of rotatable bonds is 4. The van der Waals surface area contributed by atoms with Crippen molar-refractivity contribution in [3.8, 4) is 16.8 Å². The van der Waals surface area contributed by atoms with Crippen LogP contribution in [0, 0.1) is 11.6 Å². The number of urea groups is 1. The van der Waals surface area contributed by atoms with Crippen LogP contribution >= 0.6 is 0 Å². The first-order valence-electron chi connectivity index (χ1n) is 7.37. The Labute approximate surface area is 146 Å². The summed E-state index contributed by atoms with van der Waals surface area (Å²) in [6, 6.07) is 9.35. The van der Waals surface area contributed by atoms with Crippen molar-refractivity contribution in [1.82, 2.24) is 9.78 Å². The smallest absolute Gasteiger partial charge is 0.316 e. The van der Waals surface area contributed by atoms with Crippen molar-refractivity contribution in [2.75, 3.05) is 5.32 Å². The van der Waals surface area contributed by atoms with Crippen LogP contribution < -0.4 is 16.8 Å². The maximum absolute atomic E-state index is 13.9. The molecule has 0 atom stereocenters. The number of nitrogens with two attached hydrogens (primary N) is 2. The van der Waals surface area contributed by atoms with Gasteiger partial charge in [-0.2, -0.15) is 5.10 Å². The number of halogens is 2. The standard InChI is InChI=1S/C17H13F2N5O2/c18-12-3-1-2-11(14(12)19)9-4-6-10(7-5-9)24-8-13(22-17(21)26)15(23-24)16(20)25/h1-8H,(H2,20,25)(H3,21,22,26). The van der Waals surface area contributed by atoms with Gasteiger partial charge in [0.15, 0.2) is 17.3 Å². The van der Waals surface area contributed by atoms with Gasteiger partial charge in [-0.15, -0.1) is 0 Å². The number of hydrogen-bond acceptors (Lipinski definition) is 3. The Morgan fingerprint density at radius 2 is 1.73 bits per heavy atom. The van der Waals surface area contributed by atoms with Gasteiger partial charge in [-0.05, 0) is 23.8 Å². The molecular formula is C17H13F2N5O2. The average Bonchev–Trinajstić information content (AvgIpc) is 3.01. The van der Waals surface area contributed by atoms with Crippen LogP contribution in [0.2, 0.25) is 0 Å². The molecule has 2 aromatic carbocycles. The second-order valence-corrected chi connectivity index (χ2v) is 5.34. The molecule has 7 nitrogen and oxygen atoms in total. The molecule has 0 fully saturated rings. The molecule has 0 bridgehead atoms. The van der Waals surface area contributed by atoms with Crippen molar-refractivity contribution < 1.29 is 18.4 Å². The zero-order chi connectivity index (χ0) is 18.8. The molecule has 0 radical (unpaired) electrons. The van der Waals surface area contributed by atoms with Crippen LogP contribution in [0.5, 0.6) is 0 Å². The van der Waals surface area contributed by atoms with E-state index in [0.717, 1.165) is 6.07 Å². The van der Waals surface area contributed by atoms with Gasteiger partial charge in [0.25, 0.3) is 5.91 Å². The van der Waals surface area contributed by atoms with Crippen LogP contribution in [0.3, 0.4) is 0 Å². The highest BCUT2D eigenvalue weighted by Crippen LogP contribution is 2.26. The number of amides is 3. The Kier molecular flexibility index (Phi) is 4.36. The number of carbonyl (C=O) groups is 2. The molecule has 3 aromatic rings. The predicted molar refractivity (Wildman–Crippen MR) is 90.6 cm³/mol. The molecule has 5 N–H and O–H groups in total. The Balaban J connectivity index is 1.97. The zero-order valence-electron chi connectivity index (χ0n) is 13.2. The van der Waals surface area contributed by atoms with E-state index >= 15 is 0 Å². The molecule has 0 aliphatic carbocycles. The third-order valence-electron chi connectivity index (χ3n) is 3.60. The summed E-state index contributed by atoms with van der Waals surface area (Å²) in [6.07, 6.45) is 1.36. The molecule has 0 unspecified atom stereocenters. The molecule has 0 spiro atoms. The number of anilines is 1. The molecule has 0 saturated heterocycles. The van der Waals surface area contributed by atoms with Crippen molar-refractivity contribution in [3.63, 3.8) is 0 Å². The molecule has 0 saturated carbocycles. The summed E-state index contributed by atoms with van der Waals surface area (Å²) >= 11 is 0. The van der Waals surface area contributed by atoms with E-state index in [1.807, 2.05) is 0 Å². The van der Waals surface area contributed by atoms with Gasteiger partial charge in [-0.25, -0.2) is 18.3 Å². The van der Waals surface area contributed by atoms with Gasteiger partial charge in [0.1, 0.15) is 0 Å². The Hall–Kier alpha value is -3.75. The normalized spacial score (nSPS) is 10.5. The first-order valence-corrected chi connectivity index (χ1v) is 7.37. The summed E-state index contributed by atoms with van der Waals surface area (Å²) in [6.45, 7) is 0. The second-order valence-electron chi connectivity index (χ2n) is 5.34. The van der Waals surface area contributed by atoms with Gasteiger partial charge in [-0.1, -0.05) is 24.3 Å². The molecule has 9 heteroatoms. The van der Waals surface area contributed by atoms with Crippen LogP contribution in [-0.2, 0) is 0 Å². The fourth-order valence-corrected chi connectivity index (χ4v) is 2.43. The maximum atomic E-state index is 13.9. The molecule has 132 valence electrons. The van der Waals surface area contributed by atoms with Crippen molar-refractivity contribution in [3.05, 3.63) is 66.0 Å². The molecule has 1 heterocycles. The topological polar surface area (TPSA) is 116 Å². The number of nitrogens with zero attached hydrogens (tertiary/aromatic N) is 2. The molecule has 0 aliphatic heterocycles. The molecule has 1 aromatic heterocycles. The van der Waals surface area contributed by atoms with E-state index in [4.69, 9.17) is 11.5 Å². The largest absolute Gasteiger partial charge is 0.364 e.